The molecule has 1 fully saturated rings. The van der Waals surface area contributed by atoms with Gasteiger partial charge in [0.25, 0.3) is 0 Å². The van der Waals surface area contributed by atoms with Crippen LogP contribution in [0.1, 0.15) is 30.1 Å². The average molecular weight is 264 g/mol. The van der Waals surface area contributed by atoms with Gasteiger partial charge in [-0.25, -0.2) is 4.79 Å². The molecule has 1 atom stereocenters. The van der Waals surface area contributed by atoms with Gasteiger partial charge in [-0.15, -0.1) is 0 Å². The van der Waals surface area contributed by atoms with Crippen molar-refractivity contribution >= 4 is 17.3 Å². The number of nitrogens with one attached hydrogen (secondary N) is 1. The second-order valence-corrected chi connectivity index (χ2v) is 5.05. The smallest absolute Gasteiger partial charge is 0.337 e. The number of hydrogen-bond acceptors (Lipinski definition) is 5. The molecule has 5 heteroatoms. The van der Waals surface area contributed by atoms with Gasteiger partial charge in [0.05, 0.1) is 29.6 Å². The van der Waals surface area contributed by atoms with E-state index in [2.05, 4.69) is 17.0 Å². The van der Waals surface area contributed by atoms with Crippen molar-refractivity contribution in [3.63, 3.8) is 0 Å². The molecule has 1 aliphatic heterocycles. The molecule has 1 aromatic rings. The summed E-state index contributed by atoms with van der Waals surface area (Å²) in [5, 5.41) is 3.28. The summed E-state index contributed by atoms with van der Waals surface area (Å²) in [6.07, 6.45) is 2.13. The van der Waals surface area contributed by atoms with E-state index in [9.17, 15) is 4.79 Å². The molecule has 1 saturated heterocycles. The molecule has 0 bridgehead atoms. The second kappa shape index (κ2) is 5.48. The van der Waals surface area contributed by atoms with Gasteiger partial charge < -0.3 is 20.5 Å². The number of anilines is 2. The highest BCUT2D eigenvalue weighted by molar-refractivity contribution is 5.91. The Labute approximate surface area is 113 Å². The topological polar surface area (TPSA) is 73.6 Å². The quantitative estimate of drug-likeness (QED) is 0.643. The van der Waals surface area contributed by atoms with E-state index in [1.54, 1.807) is 18.2 Å². The summed E-state index contributed by atoms with van der Waals surface area (Å²) >= 11 is 0. The molecule has 1 heterocycles. The Balaban J connectivity index is 2.03. The molecule has 0 aromatic heterocycles. The molecule has 0 radical (unpaired) electrons. The van der Waals surface area contributed by atoms with Crippen molar-refractivity contribution < 1.29 is 14.3 Å². The molecule has 0 amide bonds. The van der Waals surface area contributed by atoms with Crippen molar-refractivity contribution in [1.82, 2.24) is 0 Å². The molecule has 2 rings (SSSR count). The molecule has 1 unspecified atom stereocenters. The number of carbonyl (C=O) groups is 1. The number of methoxy groups -OCH3 is 1. The summed E-state index contributed by atoms with van der Waals surface area (Å²) < 4.78 is 10.4. The van der Waals surface area contributed by atoms with Gasteiger partial charge in [-0.05, 0) is 38.0 Å². The molecule has 5 nitrogen and oxygen atoms in total. The van der Waals surface area contributed by atoms with Crippen molar-refractivity contribution in [3.05, 3.63) is 23.8 Å². The Bertz CT molecular complexity index is 468. The van der Waals surface area contributed by atoms with E-state index in [0.29, 0.717) is 17.8 Å². The van der Waals surface area contributed by atoms with Crippen LogP contribution in [0, 0.1) is 0 Å². The molecule has 1 aliphatic rings. The van der Waals surface area contributed by atoms with Crippen LogP contribution in [0.15, 0.2) is 18.2 Å². The number of carbonyl (C=O) groups excluding carboxylic acids is 1. The van der Waals surface area contributed by atoms with Gasteiger partial charge in [0.15, 0.2) is 0 Å². The fourth-order valence-electron chi connectivity index (χ4n) is 2.23. The first-order chi connectivity index (χ1) is 9.04. The fraction of sp³-hybridized carbons (Fsp3) is 0.500. The van der Waals surface area contributed by atoms with E-state index in [-0.39, 0.29) is 11.6 Å². The van der Waals surface area contributed by atoms with Crippen LogP contribution < -0.4 is 11.1 Å². The zero-order valence-corrected chi connectivity index (χ0v) is 11.4. The number of esters is 1. The number of nitrogens with two attached hydrogens (primary N) is 1. The maximum atomic E-state index is 11.4. The summed E-state index contributed by atoms with van der Waals surface area (Å²) in [6.45, 7) is 3.61. The van der Waals surface area contributed by atoms with Crippen LogP contribution >= 0.6 is 0 Å². The summed E-state index contributed by atoms with van der Waals surface area (Å²) in [6, 6.07) is 5.11. The number of hydrogen-bond donors (Lipinski definition) is 2. The zero-order chi connectivity index (χ0) is 13.9. The van der Waals surface area contributed by atoms with Crippen molar-refractivity contribution in [2.75, 3.05) is 31.3 Å². The van der Waals surface area contributed by atoms with Crippen molar-refractivity contribution in [2.24, 2.45) is 0 Å². The Morgan fingerprint density at radius 1 is 1.58 bits per heavy atom. The highest BCUT2D eigenvalue weighted by Gasteiger charge is 2.29. The molecule has 0 saturated carbocycles. The van der Waals surface area contributed by atoms with Gasteiger partial charge >= 0.3 is 5.97 Å². The van der Waals surface area contributed by atoms with Crippen LogP contribution in [-0.2, 0) is 9.47 Å². The minimum Gasteiger partial charge on any atom is -0.465 e. The van der Waals surface area contributed by atoms with Crippen molar-refractivity contribution in [2.45, 2.75) is 25.4 Å². The number of rotatable bonds is 4. The maximum absolute atomic E-state index is 11.4. The van der Waals surface area contributed by atoms with Crippen LogP contribution in [0.4, 0.5) is 11.4 Å². The predicted molar refractivity (Wildman–Crippen MR) is 74.3 cm³/mol. The lowest BCUT2D eigenvalue weighted by Crippen LogP contribution is -2.32. The Hall–Kier alpha value is -1.75. The average Bonchev–Trinajstić information content (AvgIpc) is 2.83. The number of nitrogen functional groups attached to an aromatic ring is 1. The van der Waals surface area contributed by atoms with Crippen LogP contribution in [0.3, 0.4) is 0 Å². The molecular weight excluding hydrogens is 244 g/mol. The first-order valence-electron chi connectivity index (χ1n) is 6.40. The normalized spacial score (nSPS) is 22.2. The minimum absolute atomic E-state index is 0.131. The summed E-state index contributed by atoms with van der Waals surface area (Å²) in [5.74, 6) is -0.385. The third-order valence-corrected chi connectivity index (χ3v) is 3.43. The second-order valence-electron chi connectivity index (χ2n) is 5.05. The van der Waals surface area contributed by atoms with E-state index in [1.165, 1.54) is 7.11 Å². The third kappa shape index (κ3) is 3.17. The molecule has 104 valence electrons. The highest BCUT2D eigenvalue weighted by Crippen LogP contribution is 2.27. The SMILES string of the molecule is COC(=O)c1ccc(NCC2(C)CCCO2)c(N)c1. The first-order valence-corrected chi connectivity index (χ1v) is 6.40. The van der Waals surface area contributed by atoms with Crippen LogP contribution in [0.2, 0.25) is 0 Å². The van der Waals surface area contributed by atoms with Gasteiger partial charge in [-0.2, -0.15) is 0 Å². The van der Waals surface area contributed by atoms with Crippen LogP contribution in [0.25, 0.3) is 0 Å². The fourth-order valence-corrected chi connectivity index (χ4v) is 2.23. The lowest BCUT2D eigenvalue weighted by molar-refractivity contribution is 0.0315. The van der Waals surface area contributed by atoms with Crippen molar-refractivity contribution in [3.8, 4) is 0 Å². The van der Waals surface area contributed by atoms with Gasteiger partial charge in [0.2, 0.25) is 0 Å². The Kier molecular flexibility index (Phi) is 3.95. The number of benzene rings is 1. The molecule has 0 aliphatic carbocycles. The predicted octanol–water partition coefficient (Wildman–Crippen LogP) is 2.04. The zero-order valence-electron chi connectivity index (χ0n) is 11.4. The van der Waals surface area contributed by atoms with E-state index >= 15 is 0 Å². The maximum Gasteiger partial charge on any atom is 0.337 e. The Morgan fingerprint density at radius 3 is 2.95 bits per heavy atom. The Morgan fingerprint density at radius 2 is 2.37 bits per heavy atom. The summed E-state index contributed by atoms with van der Waals surface area (Å²) in [4.78, 5) is 11.4. The molecular formula is C14H20N2O3. The largest absolute Gasteiger partial charge is 0.465 e. The van der Waals surface area contributed by atoms with E-state index < -0.39 is 0 Å². The highest BCUT2D eigenvalue weighted by atomic mass is 16.5. The molecule has 1 aromatic carbocycles. The van der Waals surface area contributed by atoms with Crippen LogP contribution in [-0.4, -0.2) is 31.8 Å². The first kappa shape index (κ1) is 13.7. The monoisotopic (exact) mass is 264 g/mol. The third-order valence-electron chi connectivity index (χ3n) is 3.43. The van der Waals surface area contributed by atoms with Crippen molar-refractivity contribution in [1.29, 1.82) is 0 Å². The molecule has 0 spiro atoms. The minimum atomic E-state index is -0.385. The summed E-state index contributed by atoms with van der Waals surface area (Å²) in [7, 11) is 1.35. The van der Waals surface area contributed by atoms with Gasteiger partial charge in [-0.3, -0.25) is 0 Å². The van der Waals surface area contributed by atoms with E-state index in [4.69, 9.17) is 10.5 Å². The lowest BCUT2D eigenvalue weighted by Gasteiger charge is -2.24. The lowest BCUT2D eigenvalue weighted by atomic mass is 10.0. The van der Waals surface area contributed by atoms with Gasteiger partial charge in [0.1, 0.15) is 0 Å². The summed E-state index contributed by atoms with van der Waals surface area (Å²) in [5.41, 5.74) is 7.59. The van der Waals surface area contributed by atoms with Crippen LogP contribution in [0.5, 0.6) is 0 Å². The molecule has 19 heavy (non-hydrogen) atoms. The standard InChI is InChI=1S/C14H20N2O3/c1-14(6-3-7-19-14)9-16-12-5-4-10(8-11(12)15)13(17)18-2/h4-5,8,16H,3,6-7,9,15H2,1-2H3. The van der Waals surface area contributed by atoms with E-state index in [1.807, 2.05) is 0 Å². The number of ether oxygens (including phenoxy) is 2. The van der Waals surface area contributed by atoms with E-state index in [0.717, 1.165) is 25.1 Å². The van der Waals surface area contributed by atoms with Gasteiger partial charge in [0, 0.05) is 13.2 Å². The van der Waals surface area contributed by atoms with Gasteiger partial charge in [-0.1, -0.05) is 0 Å². The molecule has 3 N–H and O–H groups in total.